The maximum absolute atomic E-state index is 13.3. The number of benzene rings is 3. The van der Waals surface area contributed by atoms with Gasteiger partial charge in [-0.3, -0.25) is 19.2 Å². The van der Waals surface area contributed by atoms with Crippen LogP contribution in [0.3, 0.4) is 0 Å². The largest absolute Gasteiger partial charge is 0.494 e. The third kappa shape index (κ3) is 6.63. The van der Waals surface area contributed by atoms with Crippen molar-refractivity contribution < 1.29 is 28.7 Å². The molecule has 3 aromatic carbocycles. The second-order valence-corrected chi connectivity index (χ2v) is 10.9. The van der Waals surface area contributed by atoms with Crippen molar-refractivity contribution in [2.24, 2.45) is 11.8 Å². The monoisotopic (exact) mass is 584 g/mol. The summed E-state index contributed by atoms with van der Waals surface area (Å²) < 4.78 is 11.0. The van der Waals surface area contributed by atoms with Gasteiger partial charge in [-0.05, 0) is 44.0 Å². The Kier molecular flexibility index (Phi) is 8.94. The van der Waals surface area contributed by atoms with Crippen molar-refractivity contribution >= 4 is 40.7 Å². The van der Waals surface area contributed by atoms with Crippen LogP contribution in [-0.2, 0) is 14.4 Å². The summed E-state index contributed by atoms with van der Waals surface area (Å²) in [5.41, 5.74) is 3.23. The van der Waals surface area contributed by atoms with Gasteiger partial charge >= 0.3 is 0 Å². The van der Waals surface area contributed by atoms with Gasteiger partial charge in [0, 0.05) is 55.4 Å². The lowest BCUT2D eigenvalue weighted by Crippen LogP contribution is -2.44. The molecule has 10 nitrogen and oxygen atoms in total. The van der Waals surface area contributed by atoms with E-state index >= 15 is 0 Å². The molecular formula is C33H36N4O6. The number of carbonyl (C=O) groups excluding carboxylic acids is 4. The van der Waals surface area contributed by atoms with E-state index in [0.717, 1.165) is 11.3 Å². The molecule has 5 rings (SSSR count). The topological polar surface area (TPSA) is 117 Å². The van der Waals surface area contributed by atoms with Crippen LogP contribution in [0.4, 0.5) is 17.1 Å². The fraction of sp³-hybridized carbons (Fsp3) is 0.333. The van der Waals surface area contributed by atoms with Gasteiger partial charge < -0.3 is 29.9 Å². The number of anilines is 3. The van der Waals surface area contributed by atoms with Crippen LogP contribution >= 0.6 is 0 Å². The van der Waals surface area contributed by atoms with E-state index in [1.54, 1.807) is 46.2 Å². The first-order chi connectivity index (χ1) is 20.8. The molecule has 2 fully saturated rings. The number of nitrogens with one attached hydrogen (secondary N) is 2. The van der Waals surface area contributed by atoms with E-state index < -0.39 is 5.92 Å². The molecule has 2 N–H and O–H groups in total. The van der Waals surface area contributed by atoms with Crippen molar-refractivity contribution in [3.8, 4) is 11.5 Å². The zero-order valence-corrected chi connectivity index (χ0v) is 24.6. The van der Waals surface area contributed by atoms with Gasteiger partial charge in [-0.1, -0.05) is 35.9 Å². The highest BCUT2D eigenvalue weighted by Crippen LogP contribution is 2.37. The lowest BCUT2D eigenvalue weighted by atomic mass is 9.94. The smallest absolute Gasteiger partial charge is 0.255 e. The van der Waals surface area contributed by atoms with Crippen molar-refractivity contribution in [3.05, 3.63) is 77.9 Å². The molecule has 10 heteroatoms. The predicted molar refractivity (Wildman–Crippen MR) is 164 cm³/mol. The fourth-order valence-corrected chi connectivity index (χ4v) is 5.58. The molecule has 1 unspecified atom stereocenters. The van der Waals surface area contributed by atoms with Crippen LogP contribution in [0.2, 0.25) is 0 Å². The molecular weight excluding hydrogens is 548 g/mol. The Hall–Kier alpha value is -4.86. The highest BCUT2D eigenvalue weighted by atomic mass is 16.5. The van der Waals surface area contributed by atoms with Gasteiger partial charge in [0.2, 0.25) is 17.7 Å². The molecule has 1 atom stereocenters. The maximum Gasteiger partial charge on any atom is 0.255 e. The molecule has 0 radical (unpaired) electrons. The Morgan fingerprint density at radius 2 is 1.42 bits per heavy atom. The Bertz CT molecular complexity index is 1500. The van der Waals surface area contributed by atoms with Gasteiger partial charge in [-0.15, -0.1) is 0 Å². The molecule has 2 saturated heterocycles. The first-order valence-corrected chi connectivity index (χ1v) is 14.4. The number of hydrogen-bond acceptors (Lipinski definition) is 6. The van der Waals surface area contributed by atoms with E-state index in [9.17, 15) is 19.2 Å². The third-order valence-electron chi connectivity index (χ3n) is 8.06. The van der Waals surface area contributed by atoms with Gasteiger partial charge in [0.15, 0.2) is 0 Å². The minimum Gasteiger partial charge on any atom is -0.494 e. The summed E-state index contributed by atoms with van der Waals surface area (Å²) in [6, 6.07) is 19.8. The lowest BCUT2D eigenvalue weighted by Gasteiger charge is -2.33. The van der Waals surface area contributed by atoms with Gasteiger partial charge in [0.1, 0.15) is 11.5 Å². The molecule has 3 aromatic rings. The molecule has 2 aliphatic heterocycles. The van der Waals surface area contributed by atoms with Gasteiger partial charge in [0.25, 0.3) is 5.91 Å². The van der Waals surface area contributed by atoms with Crippen molar-refractivity contribution in [3.63, 3.8) is 0 Å². The summed E-state index contributed by atoms with van der Waals surface area (Å²) in [6.07, 6.45) is 1.20. The molecule has 2 aliphatic rings. The lowest BCUT2D eigenvalue weighted by molar-refractivity contribution is -0.138. The molecule has 4 amide bonds. The van der Waals surface area contributed by atoms with Crippen molar-refractivity contribution in [1.82, 2.24) is 4.90 Å². The van der Waals surface area contributed by atoms with Gasteiger partial charge in [-0.25, -0.2) is 0 Å². The molecule has 0 aromatic heterocycles. The predicted octanol–water partition coefficient (Wildman–Crippen LogP) is 4.49. The van der Waals surface area contributed by atoms with Crippen LogP contribution in [0.5, 0.6) is 11.5 Å². The number of carbonyl (C=O) groups is 4. The third-order valence-corrected chi connectivity index (χ3v) is 8.06. The molecule has 0 bridgehead atoms. The molecule has 0 spiro atoms. The summed E-state index contributed by atoms with van der Waals surface area (Å²) in [5, 5.41) is 5.77. The number of piperidine rings is 1. The average Bonchev–Trinajstić information content (AvgIpc) is 3.43. The number of hydrogen-bond donors (Lipinski definition) is 2. The molecule has 0 saturated carbocycles. The van der Waals surface area contributed by atoms with Crippen molar-refractivity contribution in [2.75, 3.05) is 49.4 Å². The van der Waals surface area contributed by atoms with Gasteiger partial charge in [0.05, 0.1) is 31.5 Å². The van der Waals surface area contributed by atoms with Crippen LogP contribution in [0, 0.1) is 18.8 Å². The zero-order valence-electron chi connectivity index (χ0n) is 24.6. The normalized spacial score (nSPS) is 17.0. The number of likely N-dealkylation sites (tertiary alicyclic amines) is 1. The number of aryl methyl sites for hydroxylation is 1. The quantitative estimate of drug-likeness (QED) is 0.403. The van der Waals surface area contributed by atoms with Crippen molar-refractivity contribution in [1.29, 1.82) is 0 Å². The number of nitrogens with zero attached hydrogens (tertiary/aromatic N) is 2. The number of amides is 4. The Morgan fingerprint density at radius 1 is 0.814 bits per heavy atom. The highest BCUT2D eigenvalue weighted by Gasteiger charge is 2.38. The fourth-order valence-electron chi connectivity index (χ4n) is 5.58. The summed E-state index contributed by atoms with van der Waals surface area (Å²) >= 11 is 0. The molecule has 0 aliphatic carbocycles. The van der Waals surface area contributed by atoms with Crippen LogP contribution in [0.25, 0.3) is 0 Å². The average molecular weight is 585 g/mol. The van der Waals surface area contributed by atoms with Crippen LogP contribution in [-0.4, -0.2) is 62.4 Å². The Labute approximate surface area is 251 Å². The van der Waals surface area contributed by atoms with E-state index in [1.165, 1.54) is 14.2 Å². The zero-order chi connectivity index (χ0) is 30.5. The summed E-state index contributed by atoms with van der Waals surface area (Å²) in [7, 11) is 2.97. The van der Waals surface area contributed by atoms with Crippen LogP contribution in [0.15, 0.2) is 66.7 Å². The van der Waals surface area contributed by atoms with Crippen LogP contribution in [0.1, 0.15) is 35.2 Å². The molecule has 43 heavy (non-hydrogen) atoms. The van der Waals surface area contributed by atoms with Crippen LogP contribution < -0.4 is 25.0 Å². The second kappa shape index (κ2) is 13.0. The van der Waals surface area contributed by atoms with E-state index in [4.69, 9.17) is 9.47 Å². The summed E-state index contributed by atoms with van der Waals surface area (Å²) in [5.74, 6) is -0.532. The number of methoxy groups -OCH3 is 2. The Balaban J connectivity index is 1.18. The molecule has 224 valence electrons. The standard InChI is InChI=1S/C33H36N4O6/c1-21-9-11-25(12-10-21)37-20-24(17-30(37)38)33(41)36-15-13-23(14-16-36)32(40)35-27-19-28(42-2)26(18-29(27)43-3)34-31(39)22-7-5-4-6-8-22/h4-12,18-19,23-24H,13-17,20H2,1-3H3,(H,34,39)(H,35,40). The summed E-state index contributed by atoms with van der Waals surface area (Å²) in [6.45, 7) is 3.24. The SMILES string of the molecule is COc1cc(NC(=O)C2CCN(C(=O)C3CC(=O)N(c4ccc(C)cc4)C3)CC2)c(OC)cc1NC(=O)c1ccccc1. The number of ether oxygens (including phenoxy) is 2. The number of rotatable bonds is 8. The minimum absolute atomic E-state index is 0.0404. The van der Waals surface area contributed by atoms with Gasteiger partial charge in [-0.2, -0.15) is 0 Å². The minimum atomic E-state index is -0.392. The van der Waals surface area contributed by atoms with E-state index in [1.807, 2.05) is 37.3 Å². The van der Waals surface area contributed by atoms with Crippen molar-refractivity contribution in [2.45, 2.75) is 26.2 Å². The second-order valence-electron chi connectivity index (χ2n) is 10.9. The highest BCUT2D eigenvalue weighted by molar-refractivity contribution is 6.06. The van der Waals surface area contributed by atoms with E-state index in [2.05, 4.69) is 10.6 Å². The Morgan fingerprint density at radius 3 is 2.02 bits per heavy atom. The van der Waals surface area contributed by atoms with E-state index in [-0.39, 0.29) is 36.0 Å². The van der Waals surface area contributed by atoms with E-state index in [0.29, 0.717) is 60.9 Å². The first kappa shape index (κ1) is 29.6. The maximum atomic E-state index is 13.3. The molecule has 2 heterocycles. The summed E-state index contributed by atoms with van der Waals surface area (Å²) in [4.78, 5) is 55.4. The first-order valence-electron chi connectivity index (χ1n) is 14.4.